The summed E-state index contributed by atoms with van der Waals surface area (Å²) in [6.07, 6.45) is 9.28. The van der Waals surface area contributed by atoms with E-state index in [4.69, 9.17) is 14.2 Å². The highest BCUT2D eigenvalue weighted by molar-refractivity contribution is 5.95. The SMILES string of the molecule is CC(C)C1CC(OC(=O)C(CCCCCCC(=O)OC2CC(C(C)C)NC(C)(C)C2)C(=O)OC2CC(C(C)C)NC(C)(C)C2)CC(C)(C)C1. The number of hydrogen-bond acceptors (Lipinski definition) is 8. The minimum atomic E-state index is -0.930. The first-order chi connectivity index (χ1) is 22.6. The molecule has 3 rings (SSSR count). The molecule has 2 saturated heterocycles. The fourth-order valence-electron chi connectivity index (χ4n) is 8.72. The van der Waals surface area contributed by atoms with Gasteiger partial charge < -0.3 is 24.8 Å². The second-order valence-electron chi connectivity index (χ2n) is 19.2. The molecule has 2 N–H and O–H groups in total. The average Bonchev–Trinajstić information content (AvgIpc) is 2.93. The fourth-order valence-corrected chi connectivity index (χ4v) is 8.72. The van der Waals surface area contributed by atoms with E-state index in [2.05, 4.69) is 93.7 Å². The summed E-state index contributed by atoms with van der Waals surface area (Å²) in [5.74, 6) is -0.0492. The maximum atomic E-state index is 13.8. The van der Waals surface area contributed by atoms with Crippen LogP contribution in [-0.2, 0) is 28.6 Å². The van der Waals surface area contributed by atoms with Crippen molar-refractivity contribution in [3.8, 4) is 0 Å². The van der Waals surface area contributed by atoms with Crippen LogP contribution in [0.5, 0.6) is 0 Å². The van der Waals surface area contributed by atoms with Gasteiger partial charge in [0.25, 0.3) is 0 Å². The first-order valence-corrected chi connectivity index (χ1v) is 19.8. The lowest BCUT2D eigenvalue weighted by molar-refractivity contribution is -0.173. The molecule has 0 radical (unpaired) electrons. The standard InChI is InChI=1S/C41H74N2O6/c1-26(2)29-19-30(23-39(7,8)22-29)48-37(45)33(38(46)49-32-21-35(28(5)6)43-41(11,12)25-32)17-15-13-14-16-18-36(44)47-31-20-34(27(3)4)42-40(9,10)24-31/h26-35,42-43H,13-25H2,1-12H3. The molecule has 1 aliphatic carbocycles. The maximum Gasteiger partial charge on any atom is 0.320 e. The monoisotopic (exact) mass is 691 g/mol. The molecule has 8 heteroatoms. The lowest BCUT2D eigenvalue weighted by Gasteiger charge is -2.43. The van der Waals surface area contributed by atoms with Crippen LogP contribution in [0, 0.1) is 35.0 Å². The first-order valence-electron chi connectivity index (χ1n) is 19.8. The average molecular weight is 691 g/mol. The van der Waals surface area contributed by atoms with Gasteiger partial charge in [0.1, 0.15) is 18.3 Å². The van der Waals surface area contributed by atoms with Crippen LogP contribution in [0.2, 0.25) is 0 Å². The Morgan fingerprint density at radius 2 is 1.06 bits per heavy atom. The molecule has 1 saturated carbocycles. The molecule has 2 aliphatic heterocycles. The number of nitrogens with one attached hydrogen (secondary N) is 2. The Labute approximate surface area is 299 Å². The van der Waals surface area contributed by atoms with Gasteiger partial charge in [-0.05, 0) is 88.9 Å². The summed E-state index contributed by atoms with van der Waals surface area (Å²) in [4.78, 5) is 40.3. The van der Waals surface area contributed by atoms with Crippen molar-refractivity contribution in [2.45, 2.75) is 208 Å². The van der Waals surface area contributed by atoms with E-state index in [0.29, 0.717) is 55.4 Å². The fraction of sp³-hybridized carbons (Fsp3) is 0.927. The minimum absolute atomic E-state index is 0.0548. The number of esters is 3. The summed E-state index contributed by atoms with van der Waals surface area (Å²) >= 11 is 0. The molecule has 0 aromatic heterocycles. The highest BCUT2D eigenvalue weighted by Crippen LogP contribution is 2.43. The molecule has 8 nitrogen and oxygen atoms in total. The third kappa shape index (κ3) is 13.8. The Morgan fingerprint density at radius 3 is 1.55 bits per heavy atom. The molecule has 2 heterocycles. The number of unbranched alkanes of at least 4 members (excludes halogenated alkanes) is 3. The van der Waals surface area contributed by atoms with Crippen molar-refractivity contribution in [3.63, 3.8) is 0 Å². The van der Waals surface area contributed by atoms with Gasteiger partial charge in [0.05, 0.1) is 0 Å². The summed E-state index contributed by atoms with van der Waals surface area (Å²) in [5, 5.41) is 7.39. The highest BCUT2D eigenvalue weighted by Gasteiger charge is 2.42. The van der Waals surface area contributed by atoms with Crippen LogP contribution in [0.1, 0.15) is 167 Å². The quantitative estimate of drug-likeness (QED) is 0.0763. The second-order valence-corrected chi connectivity index (χ2v) is 19.2. The van der Waals surface area contributed by atoms with Crippen LogP contribution in [0.3, 0.4) is 0 Å². The zero-order chi connectivity index (χ0) is 36.7. The van der Waals surface area contributed by atoms with Crippen molar-refractivity contribution in [2.24, 2.45) is 35.0 Å². The van der Waals surface area contributed by atoms with Crippen LogP contribution in [-0.4, -0.2) is 59.4 Å². The van der Waals surface area contributed by atoms with Crippen molar-refractivity contribution in [1.29, 1.82) is 0 Å². The van der Waals surface area contributed by atoms with Crippen molar-refractivity contribution in [2.75, 3.05) is 0 Å². The largest absolute Gasteiger partial charge is 0.462 e. The molecule has 0 amide bonds. The highest BCUT2D eigenvalue weighted by atomic mass is 16.6. The predicted molar refractivity (Wildman–Crippen MR) is 197 cm³/mol. The molecular formula is C41H74N2O6. The number of carbonyl (C=O) groups is 3. The van der Waals surface area contributed by atoms with Gasteiger partial charge >= 0.3 is 17.9 Å². The summed E-state index contributed by atoms with van der Waals surface area (Å²) in [6.45, 7) is 26.4. The van der Waals surface area contributed by atoms with Crippen LogP contribution in [0.4, 0.5) is 0 Å². The molecule has 0 aromatic rings. The van der Waals surface area contributed by atoms with Crippen molar-refractivity contribution in [1.82, 2.24) is 10.6 Å². The number of carbonyl (C=O) groups excluding carboxylic acids is 3. The Morgan fingerprint density at radius 1 is 0.592 bits per heavy atom. The number of ether oxygens (including phenoxy) is 3. The Kier molecular flexibility index (Phi) is 15.1. The Bertz CT molecular complexity index is 1030. The molecule has 0 bridgehead atoms. The van der Waals surface area contributed by atoms with E-state index in [1.807, 2.05) is 0 Å². The van der Waals surface area contributed by atoms with Gasteiger partial charge in [-0.25, -0.2) is 0 Å². The Balaban J connectivity index is 1.56. The van der Waals surface area contributed by atoms with Gasteiger partial charge in [0.15, 0.2) is 5.92 Å². The molecule has 7 atom stereocenters. The van der Waals surface area contributed by atoms with Crippen molar-refractivity contribution < 1.29 is 28.6 Å². The van der Waals surface area contributed by atoms with E-state index in [9.17, 15) is 14.4 Å². The molecule has 3 fully saturated rings. The van der Waals surface area contributed by atoms with Crippen LogP contribution < -0.4 is 10.6 Å². The molecule has 3 aliphatic rings. The van der Waals surface area contributed by atoms with Crippen LogP contribution in [0.25, 0.3) is 0 Å². The predicted octanol–water partition coefficient (Wildman–Crippen LogP) is 8.53. The number of hydrogen-bond donors (Lipinski definition) is 2. The molecule has 284 valence electrons. The topological polar surface area (TPSA) is 103 Å². The zero-order valence-corrected chi connectivity index (χ0v) is 33.4. The third-order valence-corrected chi connectivity index (χ3v) is 11.4. The third-order valence-electron chi connectivity index (χ3n) is 11.4. The first kappa shape index (κ1) is 41.7. The molecule has 0 aromatic carbocycles. The molecule has 49 heavy (non-hydrogen) atoms. The van der Waals surface area contributed by atoms with Gasteiger partial charge in [-0.1, -0.05) is 74.7 Å². The molecule has 7 unspecified atom stereocenters. The summed E-state index contributed by atoms with van der Waals surface area (Å²) in [6, 6.07) is 0.584. The van der Waals surface area contributed by atoms with Gasteiger partial charge in [0, 0.05) is 55.3 Å². The van der Waals surface area contributed by atoms with E-state index in [0.717, 1.165) is 57.8 Å². The Hall–Kier alpha value is -1.67. The van der Waals surface area contributed by atoms with E-state index in [1.165, 1.54) is 0 Å². The van der Waals surface area contributed by atoms with E-state index < -0.39 is 17.9 Å². The van der Waals surface area contributed by atoms with E-state index in [-0.39, 0.29) is 46.8 Å². The second kappa shape index (κ2) is 17.7. The van der Waals surface area contributed by atoms with Crippen molar-refractivity contribution >= 4 is 17.9 Å². The van der Waals surface area contributed by atoms with Gasteiger partial charge in [0.2, 0.25) is 0 Å². The summed E-state index contributed by atoms with van der Waals surface area (Å²) in [7, 11) is 0. The number of piperidine rings is 2. The van der Waals surface area contributed by atoms with Gasteiger partial charge in [-0.3, -0.25) is 14.4 Å². The van der Waals surface area contributed by atoms with Gasteiger partial charge in [-0.2, -0.15) is 0 Å². The van der Waals surface area contributed by atoms with Crippen LogP contribution >= 0.6 is 0 Å². The zero-order valence-electron chi connectivity index (χ0n) is 33.4. The smallest absolute Gasteiger partial charge is 0.320 e. The van der Waals surface area contributed by atoms with Crippen molar-refractivity contribution in [3.05, 3.63) is 0 Å². The molecule has 0 spiro atoms. The van der Waals surface area contributed by atoms with Gasteiger partial charge in [-0.15, -0.1) is 0 Å². The number of rotatable bonds is 15. The summed E-state index contributed by atoms with van der Waals surface area (Å²) < 4.78 is 18.3. The lowest BCUT2D eigenvalue weighted by Crippen LogP contribution is -2.56. The van der Waals surface area contributed by atoms with E-state index >= 15 is 0 Å². The molecular weight excluding hydrogens is 616 g/mol. The van der Waals surface area contributed by atoms with Crippen LogP contribution in [0.15, 0.2) is 0 Å². The summed E-state index contributed by atoms with van der Waals surface area (Å²) in [5.41, 5.74) is -0.127. The van der Waals surface area contributed by atoms with E-state index in [1.54, 1.807) is 0 Å². The maximum absolute atomic E-state index is 13.8. The normalized spacial score (nSPS) is 30.2. The lowest BCUT2D eigenvalue weighted by atomic mass is 9.68. The minimum Gasteiger partial charge on any atom is -0.462 e.